The van der Waals surface area contributed by atoms with Crippen LogP contribution in [0.2, 0.25) is 5.02 Å². The van der Waals surface area contributed by atoms with Crippen LogP contribution in [0.25, 0.3) is 22.6 Å². The van der Waals surface area contributed by atoms with E-state index in [1.165, 1.54) is 18.5 Å². The molecule has 0 bridgehead atoms. The highest BCUT2D eigenvalue weighted by molar-refractivity contribution is 6.32. The largest absolute Gasteiger partial charge is 0.417 e. The molecule has 4 heterocycles. The summed E-state index contributed by atoms with van der Waals surface area (Å²) in [6, 6.07) is 7.35. The van der Waals surface area contributed by atoms with Gasteiger partial charge in [0, 0.05) is 18.1 Å². The summed E-state index contributed by atoms with van der Waals surface area (Å²) < 4.78 is 38.1. The molecule has 29 heavy (non-hydrogen) atoms. The van der Waals surface area contributed by atoms with Gasteiger partial charge in [0.1, 0.15) is 22.7 Å². The number of aromatic nitrogens is 5. The normalized spacial score (nSPS) is 11.6. The zero-order valence-electron chi connectivity index (χ0n) is 14.9. The summed E-state index contributed by atoms with van der Waals surface area (Å²) in [5.41, 5.74) is 2.18. The summed E-state index contributed by atoms with van der Waals surface area (Å²) in [4.78, 5) is 21.3. The molecular weight excluding hydrogens is 405 g/mol. The van der Waals surface area contributed by atoms with Gasteiger partial charge in [0.15, 0.2) is 5.65 Å². The van der Waals surface area contributed by atoms with Crippen LogP contribution in [0.1, 0.15) is 11.3 Å². The molecule has 0 aliphatic carbocycles. The maximum Gasteiger partial charge on any atom is 0.417 e. The molecule has 0 unspecified atom stereocenters. The van der Waals surface area contributed by atoms with Crippen LogP contribution in [0.3, 0.4) is 0 Å². The lowest BCUT2D eigenvalue weighted by molar-refractivity contribution is -0.137. The molecule has 1 N–H and O–H groups in total. The van der Waals surface area contributed by atoms with Gasteiger partial charge in [-0.25, -0.2) is 24.9 Å². The van der Waals surface area contributed by atoms with Gasteiger partial charge < -0.3 is 5.32 Å². The molecule has 0 saturated heterocycles. The SMILES string of the molecule is Cc1ccc(Cl)c(-c2cnc3c(Nc4ccc(C(F)(F)F)cn4)ccnc3n2)n1. The van der Waals surface area contributed by atoms with E-state index in [-0.39, 0.29) is 5.82 Å². The van der Waals surface area contributed by atoms with Gasteiger partial charge in [-0.2, -0.15) is 13.2 Å². The molecule has 0 fully saturated rings. The molecule has 0 radical (unpaired) electrons. The number of hydrogen-bond acceptors (Lipinski definition) is 6. The number of pyridine rings is 3. The summed E-state index contributed by atoms with van der Waals surface area (Å²) >= 11 is 6.21. The molecule has 4 rings (SSSR count). The van der Waals surface area contributed by atoms with Crippen LogP contribution in [-0.2, 0) is 6.18 Å². The van der Waals surface area contributed by atoms with Crippen molar-refractivity contribution < 1.29 is 13.2 Å². The number of alkyl halides is 3. The Bertz CT molecular complexity index is 1190. The van der Waals surface area contributed by atoms with Gasteiger partial charge in [-0.05, 0) is 37.3 Å². The molecule has 10 heteroatoms. The number of rotatable bonds is 3. The van der Waals surface area contributed by atoms with Crippen LogP contribution in [0, 0.1) is 6.92 Å². The van der Waals surface area contributed by atoms with Crippen molar-refractivity contribution in [2.24, 2.45) is 0 Å². The second-order valence-corrected chi connectivity index (χ2v) is 6.53. The van der Waals surface area contributed by atoms with E-state index in [1.54, 1.807) is 18.2 Å². The van der Waals surface area contributed by atoms with Gasteiger partial charge in [-0.3, -0.25) is 0 Å². The van der Waals surface area contributed by atoms with Gasteiger partial charge >= 0.3 is 6.18 Å². The molecule has 146 valence electrons. The van der Waals surface area contributed by atoms with E-state index in [4.69, 9.17) is 11.6 Å². The first-order chi connectivity index (χ1) is 13.8. The highest BCUT2D eigenvalue weighted by Gasteiger charge is 2.30. The second-order valence-electron chi connectivity index (χ2n) is 6.12. The first kappa shape index (κ1) is 19.0. The Hall–Kier alpha value is -3.33. The Kier molecular flexibility index (Phi) is 4.75. The van der Waals surface area contributed by atoms with Gasteiger partial charge in [0.2, 0.25) is 0 Å². The Morgan fingerprint density at radius 1 is 0.931 bits per heavy atom. The smallest absolute Gasteiger partial charge is 0.338 e. The minimum Gasteiger partial charge on any atom is -0.338 e. The number of nitrogens with zero attached hydrogens (tertiary/aromatic N) is 5. The van der Waals surface area contributed by atoms with Crippen molar-refractivity contribution in [2.75, 3.05) is 5.32 Å². The van der Waals surface area contributed by atoms with Crippen LogP contribution in [0.15, 0.2) is 48.9 Å². The van der Waals surface area contributed by atoms with Crippen molar-refractivity contribution in [1.82, 2.24) is 24.9 Å². The lowest BCUT2D eigenvalue weighted by Crippen LogP contribution is -2.06. The number of anilines is 2. The summed E-state index contributed by atoms with van der Waals surface area (Å²) in [6.45, 7) is 1.84. The third kappa shape index (κ3) is 3.95. The fourth-order valence-electron chi connectivity index (χ4n) is 2.63. The third-order valence-electron chi connectivity index (χ3n) is 4.03. The standard InChI is InChI=1S/C19H12ClF3N6/c1-10-2-4-12(20)16(27-10)14-9-26-17-13(6-7-24-18(17)29-14)28-15-5-3-11(8-25-15)19(21,22)23/h2-9H,1H3,(H,24,25,28,29). The lowest BCUT2D eigenvalue weighted by Gasteiger charge is -2.10. The van der Waals surface area contributed by atoms with Crippen molar-refractivity contribution in [3.05, 3.63) is 65.2 Å². The number of hydrogen-bond donors (Lipinski definition) is 1. The van der Waals surface area contributed by atoms with E-state index in [0.29, 0.717) is 33.3 Å². The van der Waals surface area contributed by atoms with Gasteiger partial charge in [-0.15, -0.1) is 0 Å². The molecule has 0 aliphatic rings. The Balaban J connectivity index is 1.69. The number of halogens is 4. The number of nitrogens with one attached hydrogen (secondary N) is 1. The second kappa shape index (κ2) is 7.25. The minimum atomic E-state index is -4.44. The minimum absolute atomic E-state index is 0.236. The molecule has 0 saturated carbocycles. The van der Waals surface area contributed by atoms with Crippen molar-refractivity contribution in [1.29, 1.82) is 0 Å². The summed E-state index contributed by atoms with van der Waals surface area (Å²) in [7, 11) is 0. The molecule has 0 atom stereocenters. The fourth-order valence-corrected chi connectivity index (χ4v) is 2.83. The lowest BCUT2D eigenvalue weighted by atomic mass is 10.2. The monoisotopic (exact) mass is 416 g/mol. The molecule has 0 aromatic carbocycles. The molecule has 0 amide bonds. The first-order valence-electron chi connectivity index (χ1n) is 8.37. The van der Waals surface area contributed by atoms with Gasteiger partial charge in [-0.1, -0.05) is 11.6 Å². The average Bonchev–Trinajstić information content (AvgIpc) is 2.69. The van der Waals surface area contributed by atoms with Crippen molar-refractivity contribution in [2.45, 2.75) is 13.1 Å². The molecule has 4 aromatic heterocycles. The maximum absolute atomic E-state index is 12.7. The van der Waals surface area contributed by atoms with Crippen LogP contribution < -0.4 is 5.32 Å². The molecule has 0 aliphatic heterocycles. The first-order valence-corrected chi connectivity index (χ1v) is 8.74. The molecule has 0 spiro atoms. The van der Waals surface area contributed by atoms with Crippen LogP contribution in [-0.4, -0.2) is 24.9 Å². The number of fused-ring (bicyclic) bond motifs is 1. The van der Waals surface area contributed by atoms with Gasteiger partial charge in [0.05, 0.1) is 22.5 Å². The fraction of sp³-hybridized carbons (Fsp3) is 0.105. The van der Waals surface area contributed by atoms with Crippen LogP contribution >= 0.6 is 11.6 Å². The van der Waals surface area contributed by atoms with E-state index in [9.17, 15) is 13.2 Å². The van der Waals surface area contributed by atoms with E-state index >= 15 is 0 Å². The van der Waals surface area contributed by atoms with E-state index in [1.807, 2.05) is 6.92 Å². The van der Waals surface area contributed by atoms with E-state index < -0.39 is 11.7 Å². The van der Waals surface area contributed by atoms with Crippen LogP contribution in [0.5, 0.6) is 0 Å². The Morgan fingerprint density at radius 3 is 2.48 bits per heavy atom. The predicted molar refractivity (Wildman–Crippen MR) is 103 cm³/mol. The molecule has 6 nitrogen and oxygen atoms in total. The number of aryl methyl sites for hydroxylation is 1. The highest BCUT2D eigenvalue weighted by Crippen LogP contribution is 2.30. The zero-order chi connectivity index (χ0) is 20.6. The Morgan fingerprint density at radius 2 is 1.76 bits per heavy atom. The van der Waals surface area contributed by atoms with E-state index in [0.717, 1.165) is 18.0 Å². The van der Waals surface area contributed by atoms with Crippen molar-refractivity contribution >= 4 is 34.3 Å². The third-order valence-corrected chi connectivity index (χ3v) is 4.33. The van der Waals surface area contributed by atoms with E-state index in [2.05, 4.69) is 30.2 Å². The maximum atomic E-state index is 12.7. The average molecular weight is 417 g/mol. The quantitative estimate of drug-likeness (QED) is 0.494. The summed E-state index contributed by atoms with van der Waals surface area (Å²) in [5, 5.41) is 3.38. The van der Waals surface area contributed by atoms with Crippen molar-refractivity contribution in [3.8, 4) is 11.4 Å². The predicted octanol–water partition coefficient (Wildman–Crippen LogP) is 5.21. The topological polar surface area (TPSA) is 76.5 Å². The molecular formula is C19H12ClF3N6. The highest BCUT2D eigenvalue weighted by atomic mass is 35.5. The van der Waals surface area contributed by atoms with Crippen molar-refractivity contribution in [3.63, 3.8) is 0 Å². The van der Waals surface area contributed by atoms with Crippen LogP contribution in [0.4, 0.5) is 24.7 Å². The van der Waals surface area contributed by atoms with Gasteiger partial charge in [0.25, 0.3) is 0 Å². The zero-order valence-corrected chi connectivity index (χ0v) is 15.6. The molecule has 4 aromatic rings. The Labute approximate surface area is 167 Å². The summed E-state index contributed by atoms with van der Waals surface area (Å²) in [6.07, 6.45) is -0.649. The summed E-state index contributed by atoms with van der Waals surface area (Å²) in [5.74, 6) is 0.236.